The number of ether oxygens (including phenoxy) is 1. The van der Waals surface area contributed by atoms with Gasteiger partial charge in [0.05, 0.1) is 27.7 Å². The van der Waals surface area contributed by atoms with Crippen LogP contribution in [0.1, 0.15) is 23.0 Å². The molecule has 0 aromatic carbocycles. The lowest BCUT2D eigenvalue weighted by Gasteiger charge is -2.28. The summed E-state index contributed by atoms with van der Waals surface area (Å²) in [7, 11) is 0. The second-order valence-corrected chi connectivity index (χ2v) is 8.34. The van der Waals surface area contributed by atoms with Gasteiger partial charge in [-0.3, -0.25) is 0 Å². The molecule has 3 N–H and O–H groups in total. The van der Waals surface area contributed by atoms with Crippen LogP contribution in [0.25, 0.3) is 10.2 Å². The zero-order chi connectivity index (χ0) is 17.4. The van der Waals surface area contributed by atoms with Crippen LogP contribution in [0.5, 0.6) is 0 Å². The Morgan fingerprint density at radius 3 is 3.08 bits per heavy atom. The third-order valence-electron chi connectivity index (χ3n) is 4.22. The van der Waals surface area contributed by atoms with Crippen molar-refractivity contribution in [1.82, 2.24) is 9.97 Å². The predicted octanol–water partition coefficient (Wildman–Crippen LogP) is 3.99. The molecule has 0 bridgehead atoms. The van der Waals surface area contributed by atoms with Crippen molar-refractivity contribution in [2.24, 2.45) is 5.73 Å². The van der Waals surface area contributed by atoms with Gasteiger partial charge in [-0.25, -0.2) is 4.98 Å². The van der Waals surface area contributed by atoms with Crippen LogP contribution >= 0.6 is 45.5 Å². The molecule has 4 heterocycles. The molecule has 4 rings (SSSR count). The maximum Gasteiger partial charge on any atom is 0.225 e. The molecule has 132 valence electrons. The van der Waals surface area contributed by atoms with E-state index in [2.05, 4.69) is 37.9 Å². The largest absolute Gasteiger partial charge is 0.467 e. The van der Waals surface area contributed by atoms with Crippen molar-refractivity contribution in [3.8, 4) is 0 Å². The Labute approximate surface area is 167 Å². The minimum atomic E-state index is -0.00159. The summed E-state index contributed by atoms with van der Waals surface area (Å²) in [5.74, 6) is 1.83. The van der Waals surface area contributed by atoms with E-state index in [0.717, 1.165) is 38.4 Å². The number of aromatic nitrogens is 2. The lowest BCUT2D eigenvalue weighted by molar-refractivity contribution is 0.0702. The van der Waals surface area contributed by atoms with Crippen LogP contribution in [-0.4, -0.2) is 29.2 Å². The molecule has 3 aromatic heterocycles. The summed E-state index contributed by atoms with van der Waals surface area (Å²) >= 11 is 10.2. The van der Waals surface area contributed by atoms with E-state index in [9.17, 15) is 0 Å². The summed E-state index contributed by atoms with van der Waals surface area (Å²) in [6.07, 6.45) is 2.57. The fourth-order valence-electron chi connectivity index (χ4n) is 2.97. The molecule has 1 aliphatic heterocycles. The Bertz CT molecular complexity index is 886. The maximum atomic E-state index is 6.28. The maximum absolute atomic E-state index is 6.28. The van der Waals surface area contributed by atoms with E-state index in [1.54, 1.807) is 17.6 Å². The van der Waals surface area contributed by atoms with Gasteiger partial charge < -0.3 is 20.2 Å². The van der Waals surface area contributed by atoms with Crippen LogP contribution in [0.15, 0.2) is 22.8 Å². The Balaban J connectivity index is 1.72. The van der Waals surface area contributed by atoms with Gasteiger partial charge in [0.25, 0.3) is 0 Å². The molecule has 6 nitrogen and oxygen atoms in total. The Hall–Kier alpha value is -0.940. The van der Waals surface area contributed by atoms with Crippen molar-refractivity contribution in [1.29, 1.82) is 0 Å². The highest BCUT2D eigenvalue weighted by atomic mass is 127. The minimum absolute atomic E-state index is 0.00159. The number of hydrogen-bond acceptors (Lipinski definition) is 7. The molecular weight excluding hydrogens is 475 g/mol. The summed E-state index contributed by atoms with van der Waals surface area (Å²) in [5, 5.41) is 3.54. The van der Waals surface area contributed by atoms with Crippen LogP contribution in [0, 0.1) is 3.57 Å². The van der Waals surface area contributed by atoms with Crippen LogP contribution in [0.4, 0.5) is 5.82 Å². The molecule has 9 heteroatoms. The summed E-state index contributed by atoms with van der Waals surface area (Å²) in [6, 6.07) is 3.77. The zero-order valence-corrected chi connectivity index (χ0v) is 16.9. The highest BCUT2D eigenvalue weighted by Crippen LogP contribution is 2.42. The molecule has 1 fully saturated rings. The summed E-state index contributed by atoms with van der Waals surface area (Å²) < 4.78 is 12.9. The van der Waals surface area contributed by atoms with Gasteiger partial charge in [0.1, 0.15) is 17.1 Å². The monoisotopic (exact) mass is 490 g/mol. The first-order valence-electron chi connectivity index (χ1n) is 7.88. The van der Waals surface area contributed by atoms with Crippen molar-refractivity contribution in [2.45, 2.75) is 24.9 Å². The molecule has 3 aromatic rings. The third-order valence-corrected chi connectivity index (χ3v) is 7.17. The quantitative estimate of drug-likeness (QED) is 0.425. The average Bonchev–Trinajstić information content (AvgIpc) is 3.22. The van der Waals surface area contributed by atoms with Gasteiger partial charge in [-0.2, -0.15) is 4.98 Å². The van der Waals surface area contributed by atoms with E-state index in [1.165, 1.54) is 4.88 Å². The van der Waals surface area contributed by atoms with E-state index in [4.69, 9.17) is 26.5 Å². The smallest absolute Gasteiger partial charge is 0.225 e. The first-order chi connectivity index (χ1) is 12.1. The number of thiophene rings is 1. The fraction of sp³-hybridized carbons (Fsp3) is 0.375. The number of rotatable bonds is 4. The molecule has 25 heavy (non-hydrogen) atoms. The Morgan fingerprint density at radius 1 is 1.44 bits per heavy atom. The molecule has 1 aliphatic rings. The van der Waals surface area contributed by atoms with Crippen LogP contribution in [0.2, 0.25) is 5.28 Å². The first kappa shape index (κ1) is 17.5. The SMILES string of the molecule is N[C@@H]1COCC[C@H]1c1sc2c(NCc3ccco3)nc(Cl)nc2c1I. The normalized spacial score (nSPS) is 20.9. The van der Waals surface area contributed by atoms with Crippen molar-refractivity contribution in [3.05, 3.63) is 37.9 Å². The van der Waals surface area contributed by atoms with Gasteiger partial charge in [0.15, 0.2) is 0 Å². The lowest BCUT2D eigenvalue weighted by Crippen LogP contribution is -2.37. The van der Waals surface area contributed by atoms with Gasteiger partial charge in [-0.05, 0) is 52.7 Å². The number of anilines is 1. The number of furan rings is 1. The van der Waals surface area contributed by atoms with Gasteiger partial charge in [0.2, 0.25) is 5.28 Å². The summed E-state index contributed by atoms with van der Waals surface area (Å²) in [4.78, 5) is 10.1. The van der Waals surface area contributed by atoms with Gasteiger partial charge >= 0.3 is 0 Å². The summed E-state index contributed by atoms with van der Waals surface area (Å²) in [5.41, 5.74) is 7.16. The van der Waals surface area contributed by atoms with Gasteiger partial charge in [0, 0.05) is 23.4 Å². The second kappa shape index (κ2) is 7.36. The molecule has 1 saturated heterocycles. The third kappa shape index (κ3) is 3.50. The van der Waals surface area contributed by atoms with Crippen molar-refractivity contribution in [3.63, 3.8) is 0 Å². The van der Waals surface area contributed by atoms with E-state index in [0.29, 0.717) is 13.2 Å². The standard InChI is InChI=1S/C16H16ClIN4O2S/c17-16-21-12-11(18)13(9-3-5-23-7-10(9)19)25-14(12)15(22-16)20-6-8-2-1-4-24-8/h1-2,4,9-10H,3,5-7,19H2,(H,20,21,22)/t9-,10-/m1/s1. The van der Waals surface area contributed by atoms with E-state index < -0.39 is 0 Å². The second-order valence-electron chi connectivity index (χ2n) is 5.87. The molecule has 0 unspecified atom stereocenters. The van der Waals surface area contributed by atoms with E-state index in [1.807, 2.05) is 12.1 Å². The highest BCUT2D eigenvalue weighted by molar-refractivity contribution is 14.1. The van der Waals surface area contributed by atoms with E-state index in [-0.39, 0.29) is 17.2 Å². The predicted molar refractivity (Wildman–Crippen MR) is 107 cm³/mol. The first-order valence-corrected chi connectivity index (χ1v) is 10.2. The molecule has 0 radical (unpaired) electrons. The number of nitrogens with zero attached hydrogens (tertiary/aromatic N) is 2. The average molecular weight is 491 g/mol. The minimum Gasteiger partial charge on any atom is -0.467 e. The molecular formula is C16H16ClIN4O2S. The molecule has 0 saturated carbocycles. The molecule has 0 amide bonds. The van der Waals surface area contributed by atoms with E-state index >= 15 is 0 Å². The van der Waals surface area contributed by atoms with Crippen molar-refractivity contribution in [2.75, 3.05) is 18.5 Å². The summed E-state index contributed by atoms with van der Waals surface area (Å²) in [6.45, 7) is 1.86. The van der Waals surface area contributed by atoms with Gasteiger partial charge in [-0.1, -0.05) is 0 Å². The number of nitrogens with one attached hydrogen (secondary N) is 1. The van der Waals surface area contributed by atoms with Crippen LogP contribution < -0.4 is 11.1 Å². The van der Waals surface area contributed by atoms with Crippen LogP contribution in [-0.2, 0) is 11.3 Å². The lowest BCUT2D eigenvalue weighted by atomic mass is 9.94. The Kier molecular flexibility index (Phi) is 5.14. The zero-order valence-electron chi connectivity index (χ0n) is 13.2. The van der Waals surface area contributed by atoms with Crippen molar-refractivity contribution >= 4 is 61.6 Å². The van der Waals surface area contributed by atoms with Crippen LogP contribution in [0.3, 0.4) is 0 Å². The number of halogens is 2. The Morgan fingerprint density at radius 2 is 2.32 bits per heavy atom. The number of hydrogen-bond donors (Lipinski definition) is 2. The molecule has 0 spiro atoms. The highest BCUT2D eigenvalue weighted by Gasteiger charge is 2.29. The molecule has 2 atom stereocenters. The number of nitrogens with two attached hydrogens (primary N) is 1. The van der Waals surface area contributed by atoms with Crippen molar-refractivity contribution < 1.29 is 9.15 Å². The topological polar surface area (TPSA) is 86.2 Å². The molecule has 0 aliphatic carbocycles. The number of fused-ring (bicyclic) bond motifs is 1. The van der Waals surface area contributed by atoms with Gasteiger partial charge in [-0.15, -0.1) is 11.3 Å². The fourth-order valence-corrected chi connectivity index (χ4v) is 5.75.